The zero-order valence-corrected chi connectivity index (χ0v) is 13.5. The van der Waals surface area contributed by atoms with Crippen LogP contribution in [0.25, 0.3) is 0 Å². The van der Waals surface area contributed by atoms with E-state index in [-0.39, 0.29) is 24.8 Å². The van der Waals surface area contributed by atoms with E-state index in [9.17, 15) is 17.6 Å². The van der Waals surface area contributed by atoms with Crippen LogP contribution in [0.15, 0.2) is 27.6 Å². The summed E-state index contributed by atoms with van der Waals surface area (Å²) in [6.07, 6.45) is 0.190. The Morgan fingerprint density at radius 3 is 2.55 bits per heavy atom. The van der Waals surface area contributed by atoms with E-state index < -0.39 is 26.6 Å². The Labute approximate surface area is 126 Å². The van der Waals surface area contributed by atoms with Gasteiger partial charge in [-0.2, -0.15) is 0 Å². The first-order valence-corrected chi connectivity index (χ1v) is 8.47. The van der Waals surface area contributed by atoms with Crippen LogP contribution in [0.5, 0.6) is 0 Å². The predicted molar refractivity (Wildman–Crippen MR) is 75.9 cm³/mol. The molecule has 1 unspecified atom stereocenters. The van der Waals surface area contributed by atoms with E-state index in [4.69, 9.17) is 0 Å². The number of hydrogen-bond donors (Lipinski definition) is 0. The first-order valence-electron chi connectivity index (χ1n) is 6.24. The fourth-order valence-electron chi connectivity index (χ4n) is 2.19. The average Bonchev–Trinajstić information content (AvgIpc) is 2.71. The second kappa shape index (κ2) is 5.44. The van der Waals surface area contributed by atoms with Crippen LogP contribution in [0, 0.1) is 17.7 Å². The molecule has 0 aromatic heterocycles. The van der Waals surface area contributed by atoms with Crippen molar-refractivity contribution in [3.05, 3.63) is 28.5 Å². The molecule has 0 N–H and O–H groups in total. The van der Waals surface area contributed by atoms with E-state index in [1.54, 1.807) is 0 Å². The summed E-state index contributed by atoms with van der Waals surface area (Å²) in [5.41, 5.74) is 0. The highest BCUT2D eigenvalue weighted by Gasteiger charge is 2.40. The van der Waals surface area contributed by atoms with Gasteiger partial charge in [-0.1, -0.05) is 29.8 Å². The number of rotatable bonds is 3. The summed E-state index contributed by atoms with van der Waals surface area (Å²) in [6.45, 7) is 4.00. The highest BCUT2D eigenvalue weighted by Crippen LogP contribution is 2.31. The number of sulfonamides is 1. The molecule has 0 aliphatic carbocycles. The van der Waals surface area contributed by atoms with Crippen molar-refractivity contribution in [3.8, 4) is 0 Å². The molecule has 1 amide bonds. The molecule has 0 bridgehead atoms. The van der Waals surface area contributed by atoms with Crippen molar-refractivity contribution in [1.29, 1.82) is 0 Å². The molecule has 2 rings (SSSR count). The third-order valence-corrected chi connectivity index (χ3v) is 5.83. The third kappa shape index (κ3) is 2.74. The molecule has 1 saturated heterocycles. The Morgan fingerprint density at radius 1 is 1.40 bits per heavy atom. The molecule has 1 aliphatic heterocycles. The lowest BCUT2D eigenvalue weighted by Gasteiger charge is -2.18. The quantitative estimate of drug-likeness (QED) is 0.829. The zero-order chi connectivity index (χ0) is 15.1. The maximum absolute atomic E-state index is 13.8. The molecule has 1 atom stereocenters. The van der Waals surface area contributed by atoms with Crippen molar-refractivity contribution in [1.82, 2.24) is 4.31 Å². The average molecular weight is 364 g/mol. The molecule has 110 valence electrons. The molecule has 1 aromatic rings. The fourth-order valence-corrected chi connectivity index (χ4v) is 4.03. The van der Waals surface area contributed by atoms with Crippen LogP contribution in [0.4, 0.5) is 4.39 Å². The van der Waals surface area contributed by atoms with Gasteiger partial charge in [0.1, 0.15) is 10.7 Å². The molecule has 1 fully saturated rings. The van der Waals surface area contributed by atoms with E-state index in [1.807, 2.05) is 13.8 Å². The first kappa shape index (κ1) is 15.4. The van der Waals surface area contributed by atoms with Crippen LogP contribution in [0.1, 0.15) is 20.3 Å². The van der Waals surface area contributed by atoms with Gasteiger partial charge in [0.2, 0.25) is 5.91 Å². The number of carbonyl (C=O) groups is 1. The van der Waals surface area contributed by atoms with Crippen LogP contribution >= 0.6 is 15.9 Å². The van der Waals surface area contributed by atoms with Crippen LogP contribution in [0.3, 0.4) is 0 Å². The lowest BCUT2D eigenvalue weighted by molar-refractivity contribution is -0.123. The van der Waals surface area contributed by atoms with Gasteiger partial charge in [-0.3, -0.25) is 4.79 Å². The molecule has 20 heavy (non-hydrogen) atoms. The summed E-state index contributed by atoms with van der Waals surface area (Å²) in [5.74, 6) is -1.14. The van der Waals surface area contributed by atoms with Gasteiger partial charge in [-0.15, -0.1) is 0 Å². The molecule has 1 aliphatic rings. The number of carbonyl (C=O) groups excluding carboxylic acids is 1. The van der Waals surface area contributed by atoms with Gasteiger partial charge in [0.25, 0.3) is 10.0 Å². The van der Waals surface area contributed by atoms with Crippen molar-refractivity contribution in [2.24, 2.45) is 11.8 Å². The van der Waals surface area contributed by atoms with Crippen LogP contribution in [0.2, 0.25) is 0 Å². The molecule has 1 aromatic carbocycles. The summed E-state index contributed by atoms with van der Waals surface area (Å²) in [6, 6.07) is 3.69. The number of amides is 1. The molecule has 0 saturated carbocycles. The number of halogens is 2. The number of nitrogens with zero attached hydrogens (tertiary/aromatic N) is 1. The van der Waals surface area contributed by atoms with E-state index in [0.717, 1.165) is 10.4 Å². The van der Waals surface area contributed by atoms with E-state index in [0.29, 0.717) is 4.47 Å². The van der Waals surface area contributed by atoms with Gasteiger partial charge in [-0.25, -0.2) is 17.1 Å². The fraction of sp³-hybridized carbons (Fsp3) is 0.462. The Balaban J connectivity index is 2.38. The summed E-state index contributed by atoms with van der Waals surface area (Å²) >= 11 is 3.07. The Hall–Kier alpha value is -0.950. The molecule has 0 radical (unpaired) electrons. The Kier molecular flexibility index (Phi) is 4.20. The zero-order valence-electron chi connectivity index (χ0n) is 11.1. The minimum absolute atomic E-state index is 0.0178. The van der Waals surface area contributed by atoms with Crippen LogP contribution in [-0.4, -0.2) is 25.2 Å². The Morgan fingerprint density at radius 2 is 2.05 bits per heavy atom. The lowest BCUT2D eigenvalue weighted by atomic mass is 9.95. The van der Waals surface area contributed by atoms with Gasteiger partial charge in [-0.05, 0) is 30.0 Å². The van der Waals surface area contributed by atoms with Gasteiger partial charge in [0.05, 0.1) is 0 Å². The molecule has 1 heterocycles. The van der Waals surface area contributed by atoms with Crippen molar-refractivity contribution in [3.63, 3.8) is 0 Å². The van der Waals surface area contributed by atoms with E-state index in [2.05, 4.69) is 15.9 Å². The van der Waals surface area contributed by atoms with Gasteiger partial charge >= 0.3 is 0 Å². The number of benzene rings is 1. The predicted octanol–water partition coefficient (Wildman–Crippen LogP) is 2.78. The maximum atomic E-state index is 13.8. The molecule has 4 nitrogen and oxygen atoms in total. The summed E-state index contributed by atoms with van der Waals surface area (Å²) in [5, 5.41) is 0. The molecular formula is C13H15BrFNO3S. The first-order chi connectivity index (χ1) is 9.23. The second-order valence-corrected chi connectivity index (χ2v) is 7.96. The summed E-state index contributed by atoms with van der Waals surface area (Å²) in [4.78, 5) is 11.4. The normalized spacial score (nSPS) is 19.9. The SMILES string of the molecule is CC(C)C1CC(=O)N(S(=O)(=O)c2ccc(Br)cc2F)C1. The summed E-state index contributed by atoms with van der Waals surface area (Å²) in [7, 11) is -4.11. The second-order valence-electron chi connectivity index (χ2n) is 5.21. The molecule has 7 heteroatoms. The van der Waals surface area contributed by atoms with Crippen LogP contribution in [-0.2, 0) is 14.8 Å². The van der Waals surface area contributed by atoms with Gasteiger partial charge < -0.3 is 0 Å². The Bertz CT molecular complexity index is 645. The minimum Gasteiger partial charge on any atom is -0.274 e. The highest BCUT2D eigenvalue weighted by molar-refractivity contribution is 9.10. The van der Waals surface area contributed by atoms with Crippen molar-refractivity contribution >= 4 is 31.9 Å². The third-order valence-electron chi connectivity index (χ3n) is 3.52. The smallest absolute Gasteiger partial charge is 0.269 e. The van der Waals surface area contributed by atoms with Gasteiger partial charge in [0, 0.05) is 17.4 Å². The minimum atomic E-state index is -4.11. The highest BCUT2D eigenvalue weighted by atomic mass is 79.9. The summed E-state index contributed by atoms with van der Waals surface area (Å²) < 4.78 is 39.9. The van der Waals surface area contributed by atoms with Crippen LogP contribution < -0.4 is 0 Å². The molecular weight excluding hydrogens is 349 g/mol. The monoisotopic (exact) mass is 363 g/mol. The molecule has 0 spiro atoms. The van der Waals surface area contributed by atoms with E-state index in [1.165, 1.54) is 12.1 Å². The standard InChI is InChI=1S/C13H15BrFNO3S/c1-8(2)9-5-13(17)16(7-9)20(18,19)12-4-3-10(14)6-11(12)15/h3-4,6,8-9H,5,7H2,1-2H3. The lowest BCUT2D eigenvalue weighted by Crippen LogP contribution is -2.33. The van der Waals surface area contributed by atoms with Gasteiger partial charge in [0.15, 0.2) is 0 Å². The maximum Gasteiger partial charge on any atom is 0.269 e. The van der Waals surface area contributed by atoms with E-state index >= 15 is 0 Å². The van der Waals surface area contributed by atoms with Crippen molar-refractivity contribution in [2.75, 3.05) is 6.54 Å². The number of hydrogen-bond acceptors (Lipinski definition) is 3. The van der Waals surface area contributed by atoms with Crippen molar-refractivity contribution in [2.45, 2.75) is 25.2 Å². The largest absolute Gasteiger partial charge is 0.274 e. The topological polar surface area (TPSA) is 54.5 Å². The van der Waals surface area contributed by atoms with Crippen molar-refractivity contribution < 1.29 is 17.6 Å².